The standard InChI is InChI=1S/C15H15NO3S/c16-20(18,19)14-9-7-13(8-10-14)15(17)11-6-12-4-2-1-3-5-12/h1-5,7-11,17H,6H2,(H2,16,18,19)/b15-11-. The molecule has 104 valence electrons. The van der Waals surface area contributed by atoms with Crippen molar-refractivity contribution in [1.29, 1.82) is 0 Å². The summed E-state index contributed by atoms with van der Waals surface area (Å²) < 4.78 is 22.3. The monoisotopic (exact) mass is 289 g/mol. The first kappa shape index (κ1) is 14.3. The highest BCUT2D eigenvalue weighted by molar-refractivity contribution is 7.89. The fourth-order valence-electron chi connectivity index (χ4n) is 1.76. The number of nitrogens with two attached hydrogens (primary N) is 1. The summed E-state index contributed by atoms with van der Waals surface area (Å²) in [7, 11) is -3.70. The molecule has 2 aromatic carbocycles. The molecule has 0 aliphatic heterocycles. The number of hydrogen-bond donors (Lipinski definition) is 2. The lowest BCUT2D eigenvalue weighted by Gasteiger charge is -2.03. The zero-order valence-corrected chi connectivity index (χ0v) is 11.5. The summed E-state index contributed by atoms with van der Waals surface area (Å²) in [6.07, 6.45) is 2.28. The number of hydrogen-bond acceptors (Lipinski definition) is 3. The molecule has 0 fully saturated rings. The maximum atomic E-state index is 11.1. The van der Waals surface area contributed by atoms with Gasteiger partial charge in [-0.25, -0.2) is 13.6 Å². The fourth-order valence-corrected chi connectivity index (χ4v) is 2.28. The highest BCUT2D eigenvalue weighted by atomic mass is 32.2. The molecule has 0 spiro atoms. The van der Waals surface area contributed by atoms with E-state index in [-0.39, 0.29) is 10.7 Å². The van der Waals surface area contributed by atoms with Gasteiger partial charge in [-0.1, -0.05) is 30.3 Å². The first-order chi connectivity index (χ1) is 9.47. The number of allylic oxidation sites excluding steroid dienone is 1. The molecule has 0 aliphatic carbocycles. The molecule has 3 N–H and O–H groups in total. The lowest BCUT2D eigenvalue weighted by Crippen LogP contribution is -2.11. The van der Waals surface area contributed by atoms with Crippen LogP contribution >= 0.6 is 0 Å². The molecule has 2 aromatic rings. The molecule has 4 nitrogen and oxygen atoms in total. The molecule has 0 radical (unpaired) electrons. The Kier molecular flexibility index (Phi) is 4.22. The lowest BCUT2D eigenvalue weighted by atomic mass is 10.1. The van der Waals surface area contributed by atoms with Gasteiger partial charge < -0.3 is 5.11 Å². The molecule has 0 unspecified atom stereocenters. The smallest absolute Gasteiger partial charge is 0.238 e. The van der Waals surface area contributed by atoms with Crippen LogP contribution in [0.5, 0.6) is 0 Å². The number of aliphatic hydroxyl groups excluding tert-OH is 1. The highest BCUT2D eigenvalue weighted by Crippen LogP contribution is 2.15. The number of rotatable bonds is 4. The van der Waals surface area contributed by atoms with E-state index in [1.54, 1.807) is 6.08 Å². The molecule has 0 heterocycles. The molecule has 0 aliphatic rings. The van der Waals surface area contributed by atoms with Crippen LogP contribution in [0, 0.1) is 0 Å². The minimum Gasteiger partial charge on any atom is -0.508 e. The summed E-state index contributed by atoms with van der Waals surface area (Å²) in [6.45, 7) is 0. The summed E-state index contributed by atoms with van der Waals surface area (Å²) in [5.74, 6) is 0.106. The molecule has 0 aromatic heterocycles. The minimum atomic E-state index is -3.70. The van der Waals surface area contributed by atoms with Crippen molar-refractivity contribution in [3.05, 3.63) is 71.8 Å². The Bertz CT molecular complexity index is 705. The Morgan fingerprint density at radius 2 is 1.65 bits per heavy atom. The normalized spacial score (nSPS) is 12.3. The van der Waals surface area contributed by atoms with Gasteiger partial charge in [0.25, 0.3) is 0 Å². The van der Waals surface area contributed by atoms with Crippen LogP contribution in [0.2, 0.25) is 0 Å². The summed E-state index contributed by atoms with van der Waals surface area (Å²) in [5.41, 5.74) is 1.63. The zero-order valence-electron chi connectivity index (χ0n) is 10.7. The van der Waals surface area contributed by atoms with Gasteiger partial charge in [-0.2, -0.15) is 0 Å². The topological polar surface area (TPSA) is 80.4 Å². The minimum absolute atomic E-state index is 0.0251. The van der Waals surface area contributed by atoms with Crippen molar-refractivity contribution in [2.24, 2.45) is 5.14 Å². The van der Waals surface area contributed by atoms with Gasteiger partial charge in [0, 0.05) is 5.56 Å². The van der Waals surface area contributed by atoms with Crippen LogP contribution < -0.4 is 5.14 Å². The number of sulfonamides is 1. The van der Waals surface area contributed by atoms with Gasteiger partial charge in [0.15, 0.2) is 0 Å². The first-order valence-corrected chi connectivity index (χ1v) is 7.58. The molecule has 20 heavy (non-hydrogen) atoms. The van der Waals surface area contributed by atoms with Crippen molar-refractivity contribution in [3.8, 4) is 0 Å². The molecule has 0 saturated carbocycles. The third kappa shape index (κ3) is 3.69. The van der Waals surface area contributed by atoms with Gasteiger partial charge in [-0.05, 0) is 42.3 Å². The van der Waals surface area contributed by atoms with Crippen LogP contribution in [0.15, 0.2) is 65.6 Å². The predicted molar refractivity (Wildman–Crippen MR) is 78.6 cm³/mol. The second-order valence-corrected chi connectivity index (χ2v) is 5.91. The molecule has 0 bridgehead atoms. The van der Waals surface area contributed by atoms with Crippen LogP contribution in [-0.2, 0) is 16.4 Å². The molecule has 0 saturated heterocycles. The van der Waals surface area contributed by atoms with Crippen LogP contribution in [0.1, 0.15) is 11.1 Å². The average molecular weight is 289 g/mol. The van der Waals surface area contributed by atoms with Gasteiger partial charge in [-0.3, -0.25) is 0 Å². The van der Waals surface area contributed by atoms with Crippen molar-refractivity contribution in [2.75, 3.05) is 0 Å². The predicted octanol–water partition coefficient (Wildman–Crippen LogP) is 2.48. The lowest BCUT2D eigenvalue weighted by molar-refractivity contribution is 0.510. The zero-order chi connectivity index (χ0) is 14.6. The molecular weight excluding hydrogens is 274 g/mol. The average Bonchev–Trinajstić information content (AvgIpc) is 2.45. The van der Waals surface area contributed by atoms with E-state index in [9.17, 15) is 13.5 Å². The second kappa shape index (κ2) is 5.90. The third-order valence-electron chi connectivity index (χ3n) is 2.85. The van der Waals surface area contributed by atoms with Gasteiger partial charge >= 0.3 is 0 Å². The van der Waals surface area contributed by atoms with Crippen molar-refractivity contribution >= 4 is 15.8 Å². The van der Waals surface area contributed by atoms with Crippen LogP contribution in [0.4, 0.5) is 0 Å². The maximum absolute atomic E-state index is 11.1. The van der Waals surface area contributed by atoms with E-state index in [1.807, 2.05) is 30.3 Å². The highest BCUT2D eigenvalue weighted by Gasteiger charge is 2.07. The van der Waals surface area contributed by atoms with Crippen LogP contribution in [0.3, 0.4) is 0 Å². The largest absolute Gasteiger partial charge is 0.508 e. The quantitative estimate of drug-likeness (QED) is 0.848. The van der Waals surface area contributed by atoms with E-state index in [1.165, 1.54) is 24.3 Å². The Labute approximate surface area is 118 Å². The van der Waals surface area contributed by atoms with E-state index in [0.717, 1.165) is 5.56 Å². The van der Waals surface area contributed by atoms with Gasteiger partial charge in [-0.15, -0.1) is 0 Å². The molecular formula is C15H15NO3S. The molecule has 0 atom stereocenters. The van der Waals surface area contributed by atoms with Gasteiger partial charge in [0.1, 0.15) is 5.76 Å². The molecule has 2 rings (SSSR count). The van der Waals surface area contributed by atoms with Gasteiger partial charge in [0.2, 0.25) is 10.0 Å². The SMILES string of the molecule is NS(=O)(=O)c1ccc(/C(O)=C/Cc2ccccc2)cc1. The van der Waals surface area contributed by atoms with Crippen LogP contribution in [-0.4, -0.2) is 13.5 Å². The Morgan fingerprint density at radius 1 is 1.05 bits per heavy atom. The maximum Gasteiger partial charge on any atom is 0.238 e. The van der Waals surface area contributed by atoms with Crippen LogP contribution in [0.25, 0.3) is 5.76 Å². The molecule has 5 heteroatoms. The van der Waals surface area contributed by atoms with Crippen molar-refractivity contribution in [2.45, 2.75) is 11.3 Å². The van der Waals surface area contributed by atoms with Crippen molar-refractivity contribution < 1.29 is 13.5 Å². The first-order valence-electron chi connectivity index (χ1n) is 6.03. The van der Waals surface area contributed by atoms with Crippen molar-refractivity contribution in [3.63, 3.8) is 0 Å². The summed E-state index contributed by atoms with van der Waals surface area (Å²) in [5, 5.41) is 15.0. The third-order valence-corrected chi connectivity index (χ3v) is 3.78. The second-order valence-electron chi connectivity index (χ2n) is 4.35. The van der Waals surface area contributed by atoms with Gasteiger partial charge in [0.05, 0.1) is 4.90 Å². The van der Waals surface area contributed by atoms with E-state index < -0.39 is 10.0 Å². The molecule has 0 amide bonds. The van der Waals surface area contributed by atoms with E-state index in [4.69, 9.17) is 5.14 Å². The van der Waals surface area contributed by atoms with E-state index >= 15 is 0 Å². The fraction of sp³-hybridized carbons (Fsp3) is 0.0667. The number of aliphatic hydroxyl groups is 1. The Balaban J connectivity index is 2.15. The number of benzene rings is 2. The number of primary sulfonamides is 1. The Hall–Kier alpha value is -2.11. The Morgan fingerprint density at radius 3 is 2.20 bits per heavy atom. The van der Waals surface area contributed by atoms with Crippen molar-refractivity contribution in [1.82, 2.24) is 0 Å². The summed E-state index contributed by atoms with van der Waals surface area (Å²) in [4.78, 5) is 0.0251. The summed E-state index contributed by atoms with van der Waals surface area (Å²) in [6, 6.07) is 15.5. The summed E-state index contributed by atoms with van der Waals surface area (Å²) >= 11 is 0. The van der Waals surface area contributed by atoms with E-state index in [0.29, 0.717) is 12.0 Å². The van der Waals surface area contributed by atoms with E-state index in [2.05, 4.69) is 0 Å².